The van der Waals surface area contributed by atoms with Crippen LogP contribution in [0.1, 0.15) is 38.3 Å². The molecule has 31 heavy (non-hydrogen) atoms. The molecule has 8 heteroatoms. The molecule has 3 aromatic rings. The number of nitrogens with one attached hydrogen (secondary N) is 1. The van der Waals surface area contributed by atoms with Gasteiger partial charge >= 0.3 is 5.69 Å². The number of carbonyl (C=O) groups excluding carboxylic acids is 1. The smallest absolute Gasteiger partial charge is 0.330 e. The van der Waals surface area contributed by atoms with Crippen molar-refractivity contribution in [2.24, 2.45) is 0 Å². The fraction of sp³-hybridized carbons (Fsp3) is 0.391. The summed E-state index contributed by atoms with van der Waals surface area (Å²) in [5.41, 5.74) is 0.533. The summed E-state index contributed by atoms with van der Waals surface area (Å²) < 4.78 is 1.29. The predicted octanol–water partition coefficient (Wildman–Crippen LogP) is 2.99. The molecule has 3 heterocycles. The third kappa shape index (κ3) is 4.74. The highest BCUT2D eigenvalue weighted by molar-refractivity contribution is 7.99. The van der Waals surface area contributed by atoms with Gasteiger partial charge in [0.15, 0.2) is 0 Å². The molecule has 1 aliphatic heterocycles. The van der Waals surface area contributed by atoms with E-state index >= 15 is 0 Å². The van der Waals surface area contributed by atoms with Crippen molar-refractivity contribution in [1.29, 1.82) is 0 Å². The second-order valence-electron chi connectivity index (χ2n) is 8.10. The van der Waals surface area contributed by atoms with Crippen molar-refractivity contribution in [3.63, 3.8) is 0 Å². The van der Waals surface area contributed by atoms with Gasteiger partial charge in [-0.2, -0.15) is 0 Å². The number of rotatable bonds is 5. The van der Waals surface area contributed by atoms with Gasteiger partial charge in [-0.25, -0.2) is 9.78 Å². The second kappa shape index (κ2) is 9.09. The average Bonchev–Trinajstić information content (AvgIpc) is 2.75. The fourth-order valence-corrected chi connectivity index (χ4v) is 4.85. The fourth-order valence-electron chi connectivity index (χ4n) is 4.01. The quantitative estimate of drug-likeness (QED) is 0.619. The van der Waals surface area contributed by atoms with Crippen LogP contribution in [0, 0.1) is 0 Å². The maximum atomic E-state index is 12.8. The zero-order valence-electron chi connectivity index (χ0n) is 17.7. The van der Waals surface area contributed by atoms with E-state index in [2.05, 4.69) is 35.9 Å². The van der Waals surface area contributed by atoms with E-state index in [1.165, 1.54) is 9.46 Å². The van der Waals surface area contributed by atoms with Crippen molar-refractivity contribution >= 4 is 28.7 Å². The van der Waals surface area contributed by atoms with Gasteiger partial charge in [0.1, 0.15) is 5.65 Å². The van der Waals surface area contributed by atoms with Crippen molar-refractivity contribution < 1.29 is 4.79 Å². The first-order chi connectivity index (χ1) is 14.9. The largest absolute Gasteiger partial charge is 0.342 e. The molecular weight excluding hydrogens is 412 g/mol. The molecule has 162 valence electrons. The first kappa shape index (κ1) is 21.4. The highest BCUT2D eigenvalue weighted by Crippen LogP contribution is 2.24. The predicted molar refractivity (Wildman–Crippen MR) is 123 cm³/mol. The van der Waals surface area contributed by atoms with Gasteiger partial charge in [-0.3, -0.25) is 19.1 Å². The Morgan fingerprint density at radius 3 is 2.55 bits per heavy atom. The lowest BCUT2D eigenvalue weighted by Gasteiger charge is -2.32. The maximum absolute atomic E-state index is 12.8. The van der Waals surface area contributed by atoms with Crippen molar-refractivity contribution in [3.8, 4) is 0 Å². The number of benzene rings is 1. The van der Waals surface area contributed by atoms with Crippen LogP contribution < -0.4 is 11.2 Å². The molecule has 7 nitrogen and oxygen atoms in total. The Hall–Kier alpha value is -2.87. The highest BCUT2D eigenvalue weighted by Gasteiger charge is 2.26. The third-order valence-electron chi connectivity index (χ3n) is 5.53. The molecule has 0 saturated carbocycles. The number of aromatic nitrogens is 3. The summed E-state index contributed by atoms with van der Waals surface area (Å²) in [5.74, 6) is 0.0756. The van der Waals surface area contributed by atoms with Gasteiger partial charge in [0, 0.05) is 35.5 Å². The van der Waals surface area contributed by atoms with Crippen LogP contribution in [0.5, 0.6) is 0 Å². The third-order valence-corrected chi connectivity index (χ3v) is 6.55. The number of carbonyl (C=O) groups is 1. The molecule has 1 fully saturated rings. The van der Waals surface area contributed by atoms with Crippen LogP contribution in [-0.2, 0) is 11.2 Å². The highest BCUT2D eigenvalue weighted by atomic mass is 32.2. The van der Waals surface area contributed by atoms with Gasteiger partial charge in [0.05, 0.1) is 11.8 Å². The minimum Gasteiger partial charge on any atom is -0.342 e. The van der Waals surface area contributed by atoms with Crippen LogP contribution in [-0.4, -0.2) is 43.7 Å². The summed E-state index contributed by atoms with van der Waals surface area (Å²) >= 11 is 1.80. The zero-order chi connectivity index (χ0) is 22.0. The van der Waals surface area contributed by atoms with Crippen molar-refractivity contribution in [2.45, 2.75) is 49.3 Å². The van der Waals surface area contributed by atoms with E-state index in [0.29, 0.717) is 48.6 Å². The van der Waals surface area contributed by atoms with E-state index in [9.17, 15) is 14.4 Å². The molecule has 0 spiro atoms. The van der Waals surface area contributed by atoms with E-state index in [1.807, 2.05) is 17.0 Å². The van der Waals surface area contributed by atoms with Gasteiger partial charge in [-0.1, -0.05) is 26.0 Å². The SMILES string of the molecule is CC(C)Sc1ccc(CC(=O)N2CCC(n3c(=O)[nH]c4ncccc4c3=O)CC2)cc1. The lowest BCUT2D eigenvalue weighted by atomic mass is 10.0. The van der Waals surface area contributed by atoms with Crippen LogP contribution in [0.25, 0.3) is 11.0 Å². The lowest BCUT2D eigenvalue weighted by molar-refractivity contribution is -0.131. The number of thioether (sulfide) groups is 1. The van der Waals surface area contributed by atoms with Crippen LogP contribution >= 0.6 is 11.8 Å². The van der Waals surface area contributed by atoms with Crippen molar-refractivity contribution in [2.75, 3.05) is 13.1 Å². The standard InChI is InChI=1S/C23H26N4O3S/c1-15(2)31-18-7-5-16(6-8-18)14-20(28)26-12-9-17(10-13-26)27-22(29)19-4-3-11-24-21(19)25-23(27)30/h3-8,11,15,17H,9-10,12-14H2,1-2H3,(H,24,25,30). The number of H-pyrrole nitrogens is 1. The van der Waals surface area contributed by atoms with E-state index in [4.69, 9.17) is 0 Å². The molecule has 1 saturated heterocycles. The molecule has 1 aromatic carbocycles. The first-order valence-corrected chi connectivity index (χ1v) is 11.4. The van der Waals surface area contributed by atoms with E-state index < -0.39 is 5.69 Å². The topological polar surface area (TPSA) is 88.1 Å². The summed E-state index contributed by atoms with van der Waals surface area (Å²) in [4.78, 5) is 47.9. The molecule has 1 N–H and O–H groups in total. The van der Waals surface area contributed by atoms with Gasteiger partial charge in [-0.15, -0.1) is 11.8 Å². The summed E-state index contributed by atoms with van der Waals surface area (Å²) in [7, 11) is 0. The molecular formula is C23H26N4O3S. The number of aromatic amines is 1. The number of fused-ring (bicyclic) bond motifs is 1. The normalized spacial score (nSPS) is 15.0. The number of hydrogen-bond donors (Lipinski definition) is 1. The molecule has 0 atom stereocenters. The molecule has 0 aliphatic carbocycles. The summed E-state index contributed by atoms with van der Waals surface area (Å²) in [6.45, 7) is 5.37. The second-order valence-corrected chi connectivity index (χ2v) is 9.75. The molecule has 2 aromatic heterocycles. The zero-order valence-corrected chi connectivity index (χ0v) is 18.5. The van der Waals surface area contributed by atoms with Gasteiger partial charge in [0.25, 0.3) is 5.56 Å². The molecule has 0 unspecified atom stereocenters. The minimum absolute atomic E-state index is 0.0756. The Kier molecular flexibility index (Phi) is 6.27. The number of pyridine rings is 1. The number of likely N-dealkylation sites (tertiary alicyclic amines) is 1. The van der Waals surface area contributed by atoms with Gasteiger partial charge in [-0.05, 0) is 42.7 Å². The van der Waals surface area contributed by atoms with Crippen molar-refractivity contribution in [1.82, 2.24) is 19.4 Å². The van der Waals surface area contributed by atoms with Gasteiger partial charge < -0.3 is 4.90 Å². The first-order valence-electron chi connectivity index (χ1n) is 10.6. The van der Waals surface area contributed by atoms with Crippen LogP contribution in [0.2, 0.25) is 0 Å². The number of amides is 1. The summed E-state index contributed by atoms with van der Waals surface area (Å²) in [5, 5.41) is 0.923. The lowest BCUT2D eigenvalue weighted by Crippen LogP contribution is -2.45. The summed E-state index contributed by atoms with van der Waals surface area (Å²) in [6, 6.07) is 11.3. The Labute approximate surface area is 184 Å². The molecule has 0 bridgehead atoms. The number of nitrogens with zero attached hydrogens (tertiary/aromatic N) is 3. The Balaban J connectivity index is 1.41. The minimum atomic E-state index is -0.444. The number of piperidine rings is 1. The van der Waals surface area contributed by atoms with Crippen LogP contribution in [0.4, 0.5) is 0 Å². The Bertz CT molecular complexity index is 1190. The van der Waals surface area contributed by atoms with E-state index in [1.54, 1.807) is 30.1 Å². The average molecular weight is 439 g/mol. The number of hydrogen-bond acceptors (Lipinski definition) is 5. The Morgan fingerprint density at radius 2 is 1.87 bits per heavy atom. The van der Waals surface area contributed by atoms with Gasteiger partial charge in [0.2, 0.25) is 5.91 Å². The Morgan fingerprint density at radius 1 is 1.16 bits per heavy atom. The van der Waals surface area contributed by atoms with Crippen LogP contribution in [0.3, 0.4) is 0 Å². The van der Waals surface area contributed by atoms with E-state index in [-0.39, 0.29) is 17.5 Å². The monoisotopic (exact) mass is 438 g/mol. The molecule has 1 aliphatic rings. The summed E-state index contributed by atoms with van der Waals surface area (Å²) in [6.07, 6.45) is 3.05. The molecule has 0 radical (unpaired) electrons. The van der Waals surface area contributed by atoms with E-state index in [0.717, 1.165) is 5.56 Å². The molecule has 1 amide bonds. The van der Waals surface area contributed by atoms with Crippen LogP contribution in [0.15, 0.2) is 57.1 Å². The van der Waals surface area contributed by atoms with Crippen molar-refractivity contribution in [3.05, 3.63) is 69.0 Å². The maximum Gasteiger partial charge on any atom is 0.330 e. The molecule has 4 rings (SSSR count).